The number of guanidine groups is 1. The summed E-state index contributed by atoms with van der Waals surface area (Å²) in [7, 11) is 1.60. The Balaban J connectivity index is 0.00000300. The van der Waals surface area contributed by atoms with Gasteiger partial charge in [0.15, 0.2) is 5.96 Å². The molecule has 1 saturated carbocycles. The highest BCUT2D eigenvalue weighted by atomic mass is 127. The van der Waals surface area contributed by atoms with Gasteiger partial charge in [0.1, 0.15) is 17.2 Å². The molecular formula is C22H30IN3O3. The van der Waals surface area contributed by atoms with Crippen molar-refractivity contribution in [3.63, 3.8) is 0 Å². The fourth-order valence-corrected chi connectivity index (χ4v) is 2.78. The van der Waals surface area contributed by atoms with Gasteiger partial charge in [-0.15, -0.1) is 24.0 Å². The Morgan fingerprint density at radius 3 is 2.66 bits per heavy atom. The topological polar surface area (TPSA) is 75.1 Å². The van der Waals surface area contributed by atoms with E-state index in [0.29, 0.717) is 30.4 Å². The first kappa shape index (κ1) is 23.1. The van der Waals surface area contributed by atoms with E-state index in [9.17, 15) is 5.11 Å². The number of phenols is 1. The molecule has 29 heavy (non-hydrogen) atoms. The molecule has 2 aromatic carbocycles. The maximum atomic E-state index is 10.0. The summed E-state index contributed by atoms with van der Waals surface area (Å²) < 4.78 is 11.2. The summed E-state index contributed by atoms with van der Waals surface area (Å²) in [6.07, 6.45) is 2.55. The number of halogens is 1. The average molecular weight is 511 g/mol. The third-order valence-electron chi connectivity index (χ3n) is 4.63. The zero-order chi connectivity index (χ0) is 19.8. The number of rotatable bonds is 9. The van der Waals surface area contributed by atoms with Gasteiger partial charge in [-0.05, 0) is 49.9 Å². The maximum absolute atomic E-state index is 10.0. The van der Waals surface area contributed by atoms with Crippen LogP contribution in [0.3, 0.4) is 0 Å². The number of aliphatic imine (C=N–C) groups is 1. The second-order valence-corrected chi connectivity index (χ2v) is 6.91. The Kier molecular flexibility index (Phi) is 9.37. The summed E-state index contributed by atoms with van der Waals surface area (Å²) in [6.45, 7) is 4.51. The first-order valence-corrected chi connectivity index (χ1v) is 9.78. The van der Waals surface area contributed by atoms with Crippen molar-refractivity contribution in [1.82, 2.24) is 10.6 Å². The van der Waals surface area contributed by atoms with Gasteiger partial charge in [0.05, 0.1) is 20.3 Å². The molecule has 7 heteroatoms. The lowest BCUT2D eigenvalue weighted by Gasteiger charge is -2.15. The van der Waals surface area contributed by atoms with Gasteiger partial charge in [0.25, 0.3) is 0 Å². The van der Waals surface area contributed by atoms with Gasteiger partial charge in [-0.25, -0.2) is 4.99 Å². The molecule has 0 bridgehead atoms. The molecule has 3 N–H and O–H groups in total. The second-order valence-electron chi connectivity index (χ2n) is 6.91. The van der Waals surface area contributed by atoms with Crippen molar-refractivity contribution in [2.45, 2.75) is 32.9 Å². The van der Waals surface area contributed by atoms with Crippen molar-refractivity contribution in [2.24, 2.45) is 10.9 Å². The van der Waals surface area contributed by atoms with Crippen LogP contribution in [0.15, 0.2) is 47.5 Å². The molecule has 6 nitrogen and oxygen atoms in total. The fraction of sp³-hybridized carbons (Fsp3) is 0.409. The number of para-hydroxylation sites is 1. The van der Waals surface area contributed by atoms with E-state index in [-0.39, 0.29) is 29.7 Å². The van der Waals surface area contributed by atoms with Crippen LogP contribution in [0.5, 0.6) is 17.2 Å². The van der Waals surface area contributed by atoms with Crippen LogP contribution in [0.2, 0.25) is 0 Å². The van der Waals surface area contributed by atoms with E-state index in [1.807, 2.05) is 25.1 Å². The maximum Gasteiger partial charge on any atom is 0.191 e. The SMILES string of the molecule is CCNC(=NCc1cc(OC)ccc1O)NCc1ccccc1OCC1CC1.I. The molecule has 1 fully saturated rings. The molecule has 0 aliphatic heterocycles. The fourth-order valence-electron chi connectivity index (χ4n) is 2.78. The van der Waals surface area contributed by atoms with Crippen molar-refractivity contribution in [2.75, 3.05) is 20.3 Å². The average Bonchev–Trinajstić information content (AvgIpc) is 3.54. The highest BCUT2D eigenvalue weighted by molar-refractivity contribution is 14.0. The van der Waals surface area contributed by atoms with E-state index in [1.165, 1.54) is 12.8 Å². The van der Waals surface area contributed by atoms with Crippen LogP contribution in [-0.2, 0) is 13.1 Å². The Morgan fingerprint density at radius 1 is 1.14 bits per heavy atom. The van der Waals surface area contributed by atoms with Crippen molar-refractivity contribution < 1.29 is 14.6 Å². The van der Waals surface area contributed by atoms with Crippen LogP contribution in [0.4, 0.5) is 0 Å². The highest BCUT2D eigenvalue weighted by Crippen LogP contribution is 2.30. The van der Waals surface area contributed by atoms with Crippen molar-refractivity contribution in [1.29, 1.82) is 0 Å². The third kappa shape index (κ3) is 7.30. The Hall–Kier alpha value is -2.16. The largest absolute Gasteiger partial charge is 0.508 e. The van der Waals surface area contributed by atoms with Crippen molar-refractivity contribution >= 4 is 29.9 Å². The second kappa shape index (κ2) is 11.7. The summed E-state index contributed by atoms with van der Waals surface area (Å²) in [5, 5.41) is 16.6. The number of ether oxygens (including phenoxy) is 2. The predicted molar refractivity (Wildman–Crippen MR) is 126 cm³/mol. The van der Waals surface area contributed by atoms with E-state index in [2.05, 4.69) is 21.7 Å². The molecule has 0 saturated heterocycles. The molecular weight excluding hydrogens is 481 g/mol. The third-order valence-corrected chi connectivity index (χ3v) is 4.63. The summed E-state index contributed by atoms with van der Waals surface area (Å²) in [4.78, 5) is 4.59. The molecule has 0 radical (unpaired) electrons. The molecule has 0 atom stereocenters. The summed E-state index contributed by atoms with van der Waals surface area (Å²) >= 11 is 0. The lowest BCUT2D eigenvalue weighted by molar-refractivity contribution is 0.296. The molecule has 158 valence electrons. The summed E-state index contributed by atoms with van der Waals surface area (Å²) in [5.74, 6) is 3.22. The standard InChI is InChI=1S/C22H29N3O3.HI/c1-3-23-22(25-14-18-12-19(27-2)10-11-20(18)26)24-13-17-6-4-5-7-21(17)28-15-16-8-9-16;/h4-7,10-12,16,26H,3,8-9,13-15H2,1-2H3,(H2,23,24,25);1H. The Morgan fingerprint density at radius 2 is 1.93 bits per heavy atom. The van der Waals surface area contributed by atoms with Gasteiger partial charge in [0, 0.05) is 24.2 Å². The van der Waals surface area contributed by atoms with Gasteiger partial charge in [-0.2, -0.15) is 0 Å². The van der Waals surface area contributed by atoms with Crippen LogP contribution >= 0.6 is 24.0 Å². The summed E-state index contributed by atoms with van der Waals surface area (Å²) in [5.41, 5.74) is 1.81. The molecule has 0 heterocycles. The predicted octanol–water partition coefficient (Wildman–Crippen LogP) is 4.06. The van der Waals surface area contributed by atoms with E-state index in [0.717, 1.165) is 30.4 Å². The molecule has 2 aromatic rings. The Labute approximate surface area is 189 Å². The van der Waals surface area contributed by atoms with E-state index >= 15 is 0 Å². The van der Waals surface area contributed by atoms with Crippen LogP contribution in [0, 0.1) is 5.92 Å². The number of phenolic OH excluding ortho intramolecular Hbond substituents is 1. The smallest absolute Gasteiger partial charge is 0.191 e. The molecule has 0 unspecified atom stereocenters. The first-order chi connectivity index (χ1) is 13.7. The zero-order valence-electron chi connectivity index (χ0n) is 17.0. The van der Waals surface area contributed by atoms with E-state index in [1.54, 1.807) is 25.3 Å². The van der Waals surface area contributed by atoms with Crippen LogP contribution in [0.25, 0.3) is 0 Å². The molecule has 3 rings (SSSR count). The zero-order valence-corrected chi connectivity index (χ0v) is 19.3. The number of methoxy groups -OCH3 is 1. The molecule has 0 spiro atoms. The lowest BCUT2D eigenvalue weighted by Crippen LogP contribution is -2.36. The van der Waals surface area contributed by atoms with Gasteiger partial charge in [0.2, 0.25) is 0 Å². The van der Waals surface area contributed by atoms with Crippen LogP contribution in [-0.4, -0.2) is 31.3 Å². The molecule has 1 aliphatic rings. The lowest BCUT2D eigenvalue weighted by atomic mass is 10.2. The van der Waals surface area contributed by atoms with Gasteiger partial charge < -0.3 is 25.2 Å². The number of hydrogen-bond acceptors (Lipinski definition) is 4. The quantitative estimate of drug-likeness (QED) is 0.269. The number of nitrogens with one attached hydrogen (secondary N) is 2. The number of benzene rings is 2. The number of aromatic hydroxyl groups is 1. The molecule has 0 amide bonds. The number of hydrogen-bond donors (Lipinski definition) is 3. The first-order valence-electron chi connectivity index (χ1n) is 9.78. The normalized spacial score (nSPS) is 13.4. The minimum atomic E-state index is 0. The van der Waals surface area contributed by atoms with E-state index in [4.69, 9.17) is 9.47 Å². The number of nitrogens with zero attached hydrogens (tertiary/aromatic N) is 1. The molecule has 0 aromatic heterocycles. The summed E-state index contributed by atoms with van der Waals surface area (Å²) in [6, 6.07) is 13.2. The van der Waals surface area contributed by atoms with Gasteiger partial charge in [-0.1, -0.05) is 18.2 Å². The van der Waals surface area contributed by atoms with Gasteiger partial charge in [-0.3, -0.25) is 0 Å². The van der Waals surface area contributed by atoms with Crippen molar-refractivity contribution in [3.8, 4) is 17.2 Å². The van der Waals surface area contributed by atoms with E-state index < -0.39 is 0 Å². The van der Waals surface area contributed by atoms with Crippen LogP contribution in [0.1, 0.15) is 30.9 Å². The van der Waals surface area contributed by atoms with Gasteiger partial charge >= 0.3 is 0 Å². The minimum Gasteiger partial charge on any atom is -0.508 e. The van der Waals surface area contributed by atoms with Crippen molar-refractivity contribution in [3.05, 3.63) is 53.6 Å². The minimum absolute atomic E-state index is 0. The highest BCUT2D eigenvalue weighted by Gasteiger charge is 2.22. The monoisotopic (exact) mass is 511 g/mol. The van der Waals surface area contributed by atoms with Crippen LogP contribution < -0.4 is 20.1 Å². The Bertz CT molecular complexity index is 810. The molecule has 1 aliphatic carbocycles.